The first-order valence-corrected chi connectivity index (χ1v) is 13.6. The average Bonchev–Trinajstić information content (AvgIpc) is 3.56. The van der Waals surface area contributed by atoms with E-state index in [1.165, 1.54) is 0 Å². The topological polar surface area (TPSA) is 151 Å². The van der Waals surface area contributed by atoms with Crippen LogP contribution in [0, 0.1) is 0 Å². The summed E-state index contributed by atoms with van der Waals surface area (Å²) >= 11 is 2.85. The molecule has 1 aromatic carbocycles. The number of nitrogens with two attached hydrogens (primary N) is 2. The van der Waals surface area contributed by atoms with Crippen LogP contribution in [0.25, 0.3) is 0 Å². The summed E-state index contributed by atoms with van der Waals surface area (Å²) in [5.74, 6) is 0.817. The van der Waals surface area contributed by atoms with Crippen molar-refractivity contribution >= 4 is 45.8 Å². The lowest BCUT2D eigenvalue weighted by atomic mass is 10.0. The number of carbonyl (C=O) groups excluding carboxylic acids is 3. The second kappa shape index (κ2) is 13.6. The Bertz CT molecular complexity index is 981. The summed E-state index contributed by atoms with van der Waals surface area (Å²) in [5.41, 5.74) is 12.9. The molecular weight excluding hydrogens is 486 g/mol. The zero-order valence-electron chi connectivity index (χ0n) is 19.5. The lowest BCUT2D eigenvalue weighted by molar-refractivity contribution is -0.131. The molecule has 0 saturated carbocycles. The number of aliphatic hydroxyl groups is 1. The third-order valence-corrected chi connectivity index (χ3v) is 7.64. The predicted molar refractivity (Wildman–Crippen MR) is 140 cm³/mol. The summed E-state index contributed by atoms with van der Waals surface area (Å²) in [7, 11) is 0. The summed E-state index contributed by atoms with van der Waals surface area (Å²) < 4.78 is 0. The number of hydrogen-bond donors (Lipinski definition) is 5. The minimum Gasteiger partial charge on any atom is -0.382 e. The van der Waals surface area contributed by atoms with Crippen molar-refractivity contribution in [2.75, 3.05) is 30.0 Å². The highest BCUT2D eigenvalue weighted by Gasteiger charge is 2.25. The summed E-state index contributed by atoms with van der Waals surface area (Å²) in [6, 6.07) is 11.4. The lowest BCUT2D eigenvalue weighted by Gasteiger charge is -2.19. The van der Waals surface area contributed by atoms with Gasteiger partial charge in [0.1, 0.15) is 6.10 Å². The molecule has 3 atom stereocenters. The zero-order chi connectivity index (χ0) is 25.2. The number of hydrogen-bond acceptors (Lipinski definition) is 8. The van der Waals surface area contributed by atoms with E-state index < -0.39 is 24.1 Å². The molecule has 0 spiro atoms. The van der Waals surface area contributed by atoms with Gasteiger partial charge in [-0.2, -0.15) is 0 Å². The van der Waals surface area contributed by atoms with Crippen molar-refractivity contribution in [3.8, 4) is 0 Å². The average molecular weight is 520 g/mol. The first-order chi connectivity index (χ1) is 16.8. The molecule has 0 radical (unpaired) electrons. The molecule has 1 fully saturated rings. The van der Waals surface area contributed by atoms with Gasteiger partial charge in [-0.05, 0) is 43.4 Å². The van der Waals surface area contributed by atoms with E-state index >= 15 is 0 Å². The molecule has 3 amide bonds. The minimum atomic E-state index is -1.38. The van der Waals surface area contributed by atoms with Crippen LogP contribution in [0.3, 0.4) is 0 Å². The van der Waals surface area contributed by atoms with Crippen molar-refractivity contribution in [1.82, 2.24) is 10.2 Å². The molecule has 3 unspecified atom stereocenters. The number of amides is 3. The van der Waals surface area contributed by atoms with E-state index in [4.69, 9.17) is 11.5 Å². The maximum absolute atomic E-state index is 12.4. The number of aliphatic hydroxyl groups excluding tert-OH is 1. The Morgan fingerprint density at radius 3 is 2.57 bits per heavy atom. The van der Waals surface area contributed by atoms with Gasteiger partial charge < -0.3 is 32.1 Å². The molecule has 35 heavy (non-hydrogen) atoms. The SMILES string of the molecule is NC(CCCCNC(=O)c1ccc(NC(=O)C(O)C(N)Cc2ccccc2)s1)C(=O)N1CCSC1. The summed E-state index contributed by atoms with van der Waals surface area (Å²) in [6.45, 7) is 1.22. The summed E-state index contributed by atoms with van der Waals surface area (Å²) in [6.07, 6.45) is 1.02. The zero-order valence-corrected chi connectivity index (χ0v) is 21.2. The third-order valence-electron chi connectivity index (χ3n) is 5.67. The highest BCUT2D eigenvalue weighted by atomic mass is 32.2. The molecule has 2 aromatic rings. The normalized spacial score (nSPS) is 15.9. The smallest absolute Gasteiger partial charge is 0.261 e. The number of rotatable bonds is 12. The van der Waals surface area contributed by atoms with Gasteiger partial charge in [-0.3, -0.25) is 14.4 Å². The number of unbranched alkanes of at least 4 members (excludes halogenated alkanes) is 1. The number of nitrogens with one attached hydrogen (secondary N) is 2. The molecule has 2 heterocycles. The standard InChI is InChI=1S/C24H33N5O4S2/c25-17(24(33)29-12-13-34-15-29)8-4-5-11-27-22(31)19-9-10-20(35-19)28-23(32)21(30)18(26)14-16-6-2-1-3-7-16/h1-3,6-7,9-10,17-18,21,30H,4-5,8,11-15,25-26H2,(H,27,31)(H,28,32). The van der Waals surface area contributed by atoms with Crippen molar-refractivity contribution in [3.05, 3.63) is 52.9 Å². The van der Waals surface area contributed by atoms with Crippen molar-refractivity contribution in [2.24, 2.45) is 11.5 Å². The fraction of sp³-hybridized carbons (Fsp3) is 0.458. The van der Waals surface area contributed by atoms with E-state index in [-0.39, 0.29) is 11.8 Å². The fourth-order valence-corrected chi connectivity index (χ4v) is 5.42. The predicted octanol–water partition coefficient (Wildman–Crippen LogP) is 1.38. The van der Waals surface area contributed by atoms with Gasteiger partial charge in [-0.25, -0.2) is 0 Å². The Hall–Kier alpha value is -2.44. The van der Waals surface area contributed by atoms with E-state index in [9.17, 15) is 19.5 Å². The number of thioether (sulfide) groups is 1. The van der Waals surface area contributed by atoms with Gasteiger partial charge >= 0.3 is 0 Å². The molecule has 9 nitrogen and oxygen atoms in total. The van der Waals surface area contributed by atoms with E-state index in [1.54, 1.807) is 28.8 Å². The molecule has 1 aromatic heterocycles. The Balaban J connectivity index is 1.35. The van der Waals surface area contributed by atoms with Crippen molar-refractivity contribution in [3.63, 3.8) is 0 Å². The molecule has 1 aliphatic heterocycles. The summed E-state index contributed by atoms with van der Waals surface area (Å²) in [4.78, 5) is 39.2. The number of anilines is 1. The van der Waals surface area contributed by atoms with Crippen LogP contribution in [-0.4, -0.2) is 70.6 Å². The van der Waals surface area contributed by atoms with Gasteiger partial charge in [-0.1, -0.05) is 30.3 Å². The van der Waals surface area contributed by atoms with Gasteiger partial charge in [-0.15, -0.1) is 23.1 Å². The molecule has 11 heteroatoms. The molecule has 190 valence electrons. The lowest BCUT2D eigenvalue weighted by Crippen LogP contribution is -2.44. The Labute approximate surface area is 213 Å². The Morgan fingerprint density at radius 1 is 1.09 bits per heavy atom. The summed E-state index contributed by atoms with van der Waals surface area (Å²) in [5, 5.41) is 16.2. The van der Waals surface area contributed by atoms with Gasteiger partial charge in [0, 0.05) is 24.9 Å². The van der Waals surface area contributed by atoms with Gasteiger partial charge in [0.15, 0.2) is 0 Å². The highest BCUT2D eigenvalue weighted by Crippen LogP contribution is 2.22. The minimum absolute atomic E-state index is 0.00154. The molecule has 0 bridgehead atoms. The number of benzene rings is 1. The molecular formula is C24H33N5O4S2. The van der Waals surface area contributed by atoms with Gasteiger partial charge in [0.25, 0.3) is 11.8 Å². The van der Waals surface area contributed by atoms with E-state index in [0.29, 0.717) is 41.6 Å². The first-order valence-electron chi connectivity index (χ1n) is 11.6. The van der Waals surface area contributed by atoms with Crippen molar-refractivity contribution < 1.29 is 19.5 Å². The van der Waals surface area contributed by atoms with Gasteiger partial charge in [0.05, 0.1) is 21.8 Å². The molecule has 1 aliphatic rings. The van der Waals surface area contributed by atoms with Crippen LogP contribution < -0.4 is 22.1 Å². The molecule has 7 N–H and O–H groups in total. The van der Waals surface area contributed by atoms with E-state index in [2.05, 4.69) is 10.6 Å². The van der Waals surface area contributed by atoms with Crippen LogP contribution in [0.2, 0.25) is 0 Å². The fourth-order valence-electron chi connectivity index (χ4n) is 3.64. The number of nitrogens with zero attached hydrogens (tertiary/aromatic N) is 1. The van der Waals surface area contributed by atoms with Crippen molar-refractivity contribution in [2.45, 2.75) is 43.9 Å². The van der Waals surface area contributed by atoms with Crippen LogP contribution in [0.1, 0.15) is 34.5 Å². The van der Waals surface area contributed by atoms with E-state index in [0.717, 1.165) is 35.6 Å². The van der Waals surface area contributed by atoms with Crippen LogP contribution in [0.15, 0.2) is 42.5 Å². The molecule has 1 saturated heterocycles. The van der Waals surface area contributed by atoms with Crippen LogP contribution >= 0.6 is 23.1 Å². The Morgan fingerprint density at radius 2 is 1.86 bits per heavy atom. The molecule has 3 rings (SSSR count). The largest absolute Gasteiger partial charge is 0.382 e. The van der Waals surface area contributed by atoms with Gasteiger partial charge in [0.2, 0.25) is 5.91 Å². The second-order valence-corrected chi connectivity index (χ2v) is 10.6. The highest BCUT2D eigenvalue weighted by molar-refractivity contribution is 7.99. The van der Waals surface area contributed by atoms with Crippen LogP contribution in [0.4, 0.5) is 5.00 Å². The van der Waals surface area contributed by atoms with Crippen LogP contribution in [-0.2, 0) is 16.0 Å². The maximum atomic E-state index is 12.4. The van der Waals surface area contributed by atoms with E-state index in [1.807, 2.05) is 30.3 Å². The number of carbonyl (C=O) groups is 3. The monoisotopic (exact) mass is 519 g/mol. The second-order valence-electron chi connectivity index (χ2n) is 8.45. The van der Waals surface area contributed by atoms with Crippen molar-refractivity contribution in [1.29, 1.82) is 0 Å². The first kappa shape index (κ1) is 27.2. The Kier molecular flexibility index (Phi) is 10.5. The van der Waals surface area contributed by atoms with Crippen LogP contribution in [0.5, 0.6) is 0 Å². The molecule has 0 aliphatic carbocycles. The quantitative estimate of drug-likeness (QED) is 0.266. The number of thiophene rings is 1. The maximum Gasteiger partial charge on any atom is 0.261 e. The third kappa shape index (κ3) is 8.32.